The Morgan fingerprint density at radius 1 is 1.09 bits per heavy atom. The number of ether oxygens (including phenoxy) is 1. The van der Waals surface area contributed by atoms with Crippen molar-refractivity contribution in [1.82, 2.24) is 5.32 Å². The molecular weight excluding hydrogens is 354 g/mol. The summed E-state index contributed by atoms with van der Waals surface area (Å²) in [7, 11) is 0. The Kier molecular flexibility index (Phi) is 6.22. The molecule has 122 valence electrons. The molecule has 2 aromatic carbocycles. The van der Waals surface area contributed by atoms with E-state index in [9.17, 15) is 4.79 Å². The molecule has 0 aliphatic rings. The average Bonchev–Trinajstić information content (AvgIpc) is 2.56. The molecule has 0 aliphatic heterocycles. The molecule has 1 amide bonds. The van der Waals surface area contributed by atoms with Crippen molar-refractivity contribution < 1.29 is 9.53 Å². The summed E-state index contributed by atoms with van der Waals surface area (Å²) < 4.78 is 6.65. The number of aryl methyl sites for hydroxylation is 1. The number of halogens is 1. The summed E-state index contributed by atoms with van der Waals surface area (Å²) in [6.45, 7) is 5.86. The molecule has 0 aliphatic carbocycles. The molecule has 3 nitrogen and oxygen atoms in total. The lowest BCUT2D eigenvalue weighted by atomic mass is 10.0. The van der Waals surface area contributed by atoms with Gasteiger partial charge in [0.25, 0.3) is 5.91 Å². The van der Waals surface area contributed by atoms with Crippen LogP contribution in [0.2, 0.25) is 0 Å². The molecule has 0 heterocycles. The van der Waals surface area contributed by atoms with Gasteiger partial charge in [-0.15, -0.1) is 0 Å². The summed E-state index contributed by atoms with van der Waals surface area (Å²) in [5.74, 6) is 0.552. The summed E-state index contributed by atoms with van der Waals surface area (Å²) in [5, 5.41) is 2.99. The Bertz CT molecular complexity index is 637. The normalized spacial score (nSPS) is 13.2. The maximum absolute atomic E-state index is 12.3. The summed E-state index contributed by atoms with van der Waals surface area (Å²) in [5.41, 5.74) is 2.38. The van der Waals surface area contributed by atoms with Crippen molar-refractivity contribution >= 4 is 21.8 Å². The Morgan fingerprint density at radius 2 is 1.70 bits per heavy atom. The first-order chi connectivity index (χ1) is 11.0. The Hall–Kier alpha value is -1.81. The maximum Gasteiger partial charge on any atom is 0.261 e. The Morgan fingerprint density at radius 3 is 2.26 bits per heavy atom. The number of hydrogen-bond acceptors (Lipinski definition) is 2. The second-order valence-electron chi connectivity index (χ2n) is 5.54. The van der Waals surface area contributed by atoms with Crippen molar-refractivity contribution in [2.45, 2.75) is 39.3 Å². The predicted octanol–water partition coefficient (Wildman–Crippen LogP) is 4.66. The van der Waals surface area contributed by atoms with Crippen molar-refractivity contribution in [3.05, 3.63) is 64.1 Å². The van der Waals surface area contributed by atoms with E-state index in [-0.39, 0.29) is 11.9 Å². The topological polar surface area (TPSA) is 38.3 Å². The van der Waals surface area contributed by atoms with Crippen LogP contribution in [-0.2, 0) is 11.2 Å². The van der Waals surface area contributed by atoms with Crippen molar-refractivity contribution in [2.75, 3.05) is 0 Å². The highest BCUT2D eigenvalue weighted by atomic mass is 79.9. The summed E-state index contributed by atoms with van der Waals surface area (Å²) in [6.07, 6.45) is 0.465. The Balaban J connectivity index is 1.92. The lowest BCUT2D eigenvalue weighted by molar-refractivity contribution is -0.127. The van der Waals surface area contributed by atoms with Gasteiger partial charge in [0.1, 0.15) is 5.75 Å². The molecule has 0 spiro atoms. The third-order valence-electron chi connectivity index (χ3n) is 3.74. The number of carbonyl (C=O) groups is 1. The van der Waals surface area contributed by atoms with Gasteiger partial charge < -0.3 is 10.1 Å². The first-order valence-corrected chi connectivity index (χ1v) is 8.60. The number of carbonyl (C=O) groups excluding carboxylic acids is 1. The molecule has 23 heavy (non-hydrogen) atoms. The van der Waals surface area contributed by atoms with E-state index in [1.54, 1.807) is 6.92 Å². The van der Waals surface area contributed by atoms with Crippen LogP contribution in [-0.4, -0.2) is 12.0 Å². The van der Waals surface area contributed by atoms with Gasteiger partial charge in [0, 0.05) is 4.47 Å². The summed E-state index contributed by atoms with van der Waals surface area (Å²) in [4.78, 5) is 12.3. The van der Waals surface area contributed by atoms with Crippen molar-refractivity contribution in [3.8, 4) is 5.75 Å². The molecule has 0 saturated heterocycles. The van der Waals surface area contributed by atoms with Gasteiger partial charge >= 0.3 is 0 Å². The van der Waals surface area contributed by atoms with Gasteiger partial charge in [-0.3, -0.25) is 4.79 Å². The Labute approximate surface area is 146 Å². The molecular formula is C19H22BrNO2. The van der Waals surface area contributed by atoms with E-state index in [4.69, 9.17) is 4.74 Å². The van der Waals surface area contributed by atoms with Gasteiger partial charge in [0.05, 0.1) is 6.04 Å². The van der Waals surface area contributed by atoms with E-state index in [0.29, 0.717) is 5.75 Å². The first-order valence-electron chi connectivity index (χ1n) is 7.81. The fourth-order valence-corrected chi connectivity index (χ4v) is 2.49. The zero-order valence-electron chi connectivity index (χ0n) is 13.7. The molecule has 0 radical (unpaired) electrons. The van der Waals surface area contributed by atoms with Crippen LogP contribution in [0, 0.1) is 0 Å². The van der Waals surface area contributed by atoms with E-state index < -0.39 is 6.10 Å². The number of benzene rings is 2. The highest BCUT2D eigenvalue weighted by Gasteiger charge is 2.17. The quantitative estimate of drug-likeness (QED) is 0.797. The molecule has 0 aromatic heterocycles. The van der Waals surface area contributed by atoms with Gasteiger partial charge in [-0.25, -0.2) is 0 Å². The van der Waals surface area contributed by atoms with Gasteiger partial charge in [0.15, 0.2) is 6.10 Å². The molecule has 2 atom stereocenters. The van der Waals surface area contributed by atoms with Crippen LogP contribution >= 0.6 is 15.9 Å². The van der Waals surface area contributed by atoms with E-state index in [2.05, 4.69) is 52.4 Å². The monoisotopic (exact) mass is 375 g/mol. The molecule has 2 aromatic rings. The van der Waals surface area contributed by atoms with Crippen LogP contribution < -0.4 is 10.1 Å². The molecule has 4 heteroatoms. The van der Waals surface area contributed by atoms with E-state index >= 15 is 0 Å². The van der Waals surface area contributed by atoms with Crippen molar-refractivity contribution in [3.63, 3.8) is 0 Å². The van der Waals surface area contributed by atoms with Crippen LogP contribution in [0.25, 0.3) is 0 Å². The van der Waals surface area contributed by atoms with E-state index in [1.807, 2.05) is 31.2 Å². The van der Waals surface area contributed by atoms with Gasteiger partial charge in [-0.1, -0.05) is 47.1 Å². The highest BCUT2D eigenvalue weighted by molar-refractivity contribution is 9.10. The molecule has 2 unspecified atom stereocenters. The lowest BCUT2D eigenvalue weighted by Crippen LogP contribution is -2.37. The molecule has 2 rings (SSSR count). The van der Waals surface area contributed by atoms with Crippen LogP contribution in [0.5, 0.6) is 5.75 Å². The first kappa shape index (κ1) is 17.5. The number of nitrogens with one attached hydrogen (secondary N) is 1. The third-order valence-corrected chi connectivity index (χ3v) is 4.27. The van der Waals surface area contributed by atoms with E-state index in [1.165, 1.54) is 5.56 Å². The highest BCUT2D eigenvalue weighted by Crippen LogP contribution is 2.18. The lowest BCUT2D eigenvalue weighted by Gasteiger charge is -2.19. The largest absolute Gasteiger partial charge is 0.481 e. The number of rotatable bonds is 6. The zero-order chi connectivity index (χ0) is 16.8. The standard InChI is InChI=1S/C19H22BrNO2/c1-4-15-5-7-16(8-6-15)13(2)21-19(22)14(3)23-18-11-9-17(20)10-12-18/h5-14H,4H2,1-3H3,(H,21,22). The second-order valence-corrected chi connectivity index (χ2v) is 6.46. The minimum Gasteiger partial charge on any atom is -0.481 e. The predicted molar refractivity (Wildman–Crippen MR) is 96.6 cm³/mol. The number of hydrogen-bond donors (Lipinski definition) is 1. The molecule has 0 fully saturated rings. The van der Waals surface area contributed by atoms with Crippen molar-refractivity contribution in [2.24, 2.45) is 0 Å². The van der Waals surface area contributed by atoms with Gasteiger partial charge in [0.2, 0.25) is 0 Å². The average molecular weight is 376 g/mol. The van der Waals surface area contributed by atoms with Crippen LogP contribution in [0.4, 0.5) is 0 Å². The molecule has 0 saturated carbocycles. The summed E-state index contributed by atoms with van der Waals surface area (Å²) in [6, 6.07) is 15.7. The third kappa shape index (κ3) is 5.10. The minimum atomic E-state index is -0.548. The molecule has 0 bridgehead atoms. The van der Waals surface area contributed by atoms with Crippen LogP contribution in [0.15, 0.2) is 53.0 Å². The number of amides is 1. The van der Waals surface area contributed by atoms with E-state index in [0.717, 1.165) is 16.5 Å². The maximum atomic E-state index is 12.3. The minimum absolute atomic E-state index is 0.0515. The van der Waals surface area contributed by atoms with Gasteiger partial charge in [-0.05, 0) is 55.7 Å². The van der Waals surface area contributed by atoms with Crippen molar-refractivity contribution in [1.29, 1.82) is 0 Å². The fourth-order valence-electron chi connectivity index (χ4n) is 2.23. The second kappa shape index (κ2) is 8.16. The fraction of sp³-hybridized carbons (Fsp3) is 0.316. The SMILES string of the molecule is CCc1ccc(C(C)NC(=O)C(C)Oc2ccc(Br)cc2)cc1. The van der Waals surface area contributed by atoms with Crippen LogP contribution in [0.1, 0.15) is 37.9 Å². The van der Waals surface area contributed by atoms with Gasteiger partial charge in [-0.2, -0.15) is 0 Å². The molecule has 1 N–H and O–H groups in total. The van der Waals surface area contributed by atoms with Crippen LogP contribution in [0.3, 0.4) is 0 Å². The smallest absolute Gasteiger partial charge is 0.261 e. The zero-order valence-corrected chi connectivity index (χ0v) is 15.3. The summed E-state index contributed by atoms with van der Waals surface area (Å²) >= 11 is 3.37.